The van der Waals surface area contributed by atoms with Gasteiger partial charge in [-0.25, -0.2) is 4.98 Å². The fourth-order valence-electron chi connectivity index (χ4n) is 2.04. The first-order chi connectivity index (χ1) is 8.27. The van der Waals surface area contributed by atoms with Crippen LogP contribution >= 0.6 is 23.4 Å². The van der Waals surface area contributed by atoms with Crippen molar-refractivity contribution in [1.29, 1.82) is 0 Å². The Bertz CT molecular complexity index is 495. The number of rotatable bonds is 5. The average molecular weight is 269 g/mol. The maximum atomic E-state index is 5.99. The zero-order chi connectivity index (χ0) is 12.3. The molecule has 0 amide bonds. The lowest BCUT2D eigenvalue weighted by Crippen LogP contribution is -2.10. The average Bonchev–Trinajstić information content (AvgIpc) is 2.74. The molecule has 0 N–H and O–H groups in total. The van der Waals surface area contributed by atoms with Crippen LogP contribution < -0.4 is 0 Å². The summed E-state index contributed by atoms with van der Waals surface area (Å²) in [5.74, 6) is 3.68. The summed E-state index contributed by atoms with van der Waals surface area (Å²) in [4.78, 5) is 4.58. The number of nitrogens with zero attached hydrogens (tertiary/aromatic N) is 2. The predicted molar refractivity (Wildman–Crippen MR) is 77.0 cm³/mol. The van der Waals surface area contributed by atoms with E-state index < -0.39 is 0 Å². The number of alkyl halides is 1. The number of hydrogen-bond donors (Lipinski definition) is 0. The molecule has 0 spiro atoms. The highest BCUT2D eigenvalue weighted by atomic mass is 35.5. The van der Waals surface area contributed by atoms with Crippen LogP contribution in [0.1, 0.15) is 25.7 Å². The summed E-state index contributed by atoms with van der Waals surface area (Å²) < 4.78 is 2.27. The Morgan fingerprint density at radius 1 is 1.41 bits per heavy atom. The molecule has 0 radical (unpaired) electrons. The molecule has 0 fully saturated rings. The van der Waals surface area contributed by atoms with Crippen molar-refractivity contribution < 1.29 is 0 Å². The molecule has 4 heteroatoms. The Hall–Kier alpha value is -0.670. The van der Waals surface area contributed by atoms with Crippen LogP contribution in [0.2, 0.25) is 0 Å². The van der Waals surface area contributed by atoms with Crippen molar-refractivity contribution in [3.63, 3.8) is 0 Å². The summed E-state index contributed by atoms with van der Waals surface area (Å²) >= 11 is 7.94. The molecular formula is C13H17ClN2S. The first-order valence-corrected chi connectivity index (χ1v) is 7.56. The zero-order valence-corrected chi connectivity index (χ0v) is 11.8. The van der Waals surface area contributed by atoms with E-state index in [-0.39, 0.29) is 0 Å². The molecule has 17 heavy (non-hydrogen) atoms. The molecule has 1 atom stereocenters. The molecule has 2 nitrogen and oxygen atoms in total. The van der Waals surface area contributed by atoms with Crippen LogP contribution in [0.15, 0.2) is 24.3 Å². The standard InChI is InChI=1S/C13H17ClN2S/c1-3-17-9-10(2)16-12-7-5-4-6-11(12)15-13(16)8-14/h4-7,10H,3,8-9H2,1-2H3. The van der Waals surface area contributed by atoms with Gasteiger partial charge in [-0.3, -0.25) is 0 Å². The minimum Gasteiger partial charge on any atom is -0.323 e. The van der Waals surface area contributed by atoms with Gasteiger partial charge in [-0.15, -0.1) is 11.6 Å². The van der Waals surface area contributed by atoms with E-state index in [0.29, 0.717) is 11.9 Å². The molecule has 1 aromatic carbocycles. The van der Waals surface area contributed by atoms with E-state index in [1.807, 2.05) is 23.9 Å². The first kappa shape index (κ1) is 12.8. The summed E-state index contributed by atoms with van der Waals surface area (Å²) in [6.45, 7) is 4.42. The van der Waals surface area contributed by atoms with Gasteiger partial charge < -0.3 is 4.57 Å². The third kappa shape index (κ3) is 2.61. The van der Waals surface area contributed by atoms with Crippen molar-refractivity contribution in [3.8, 4) is 0 Å². The van der Waals surface area contributed by atoms with E-state index in [1.165, 1.54) is 5.52 Å². The highest BCUT2D eigenvalue weighted by Crippen LogP contribution is 2.24. The molecule has 0 aliphatic heterocycles. The number of fused-ring (bicyclic) bond motifs is 1. The number of para-hydroxylation sites is 2. The Balaban J connectivity index is 2.42. The van der Waals surface area contributed by atoms with E-state index >= 15 is 0 Å². The molecule has 2 rings (SSSR count). The summed E-state index contributed by atoms with van der Waals surface area (Å²) in [6.07, 6.45) is 0. The SMILES string of the molecule is CCSCC(C)n1c(CCl)nc2ccccc21. The molecule has 1 heterocycles. The van der Waals surface area contributed by atoms with Crippen molar-refractivity contribution in [3.05, 3.63) is 30.1 Å². The van der Waals surface area contributed by atoms with E-state index in [2.05, 4.69) is 35.5 Å². The molecule has 0 aliphatic carbocycles. The largest absolute Gasteiger partial charge is 0.323 e. The van der Waals surface area contributed by atoms with Crippen molar-refractivity contribution in [2.45, 2.75) is 25.8 Å². The number of thioether (sulfide) groups is 1. The van der Waals surface area contributed by atoms with Crippen LogP contribution in [0.5, 0.6) is 0 Å². The fourth-order valence-corrected chi connectivity index (χ4v) is 2.96. The van der Waals surface area contributed by atoms with Gasteiger partial charge in [-0.05, 0) is 24.8 Å². The van der Waals surface area contributed by atoms with Gasteiger partial charge in [0.05, 0.1) is 16.9 Å². The molecule has 1 unspecified atom stereocenters. The van der Waals surface area contributed by atoms with E-state index in [9.17, 15) is 0 Å². The monoisotopic (exact) mass is 268 g/mol. The third-order valence-corrected chi connectivity index (χ3v) is 4.16. The van der Waals surface area contributed by atoms with Crippen LogP contribution in [0, 0.1) is 0 Å². The second-order valence-electron chi connectivity index (χ2n) is 4.03. The molecule has 0 saturated carbocycles. The fraction of sp³-hybridized carbons (Fsp3) is 0.462. The minimum atomic E-state index is 0.432. The lowest BCUT2D eigenvalue weighted by atomic mass is 10.3. The van der Waals surface area contributed by atoms with Crippen LogP contribution in [-0.2, 0) is 5.88 Å². The first-order valence-electron chi connectivity index (χ1n) is 5.87. The normalized spacial score (nSPS) is 13.1. The number of hydrogen-bond acceptors (Lipinski definition) is 2. The van der Waals surface area contributed by atoms with Crippen LogP contribution in [0.25, 0.3) is 11.0 Å². The molecule has 92 valence electrons. The third-order valence-electron chi connectivity index (χ3n) is 2.79. The maximum absolute atomic E-state index is 5.99. The van der Waals surface area contributed by atoms with Gasteiger partial charge in [-0.1, -0.05) is 19.1 Å². The lowest BCUT2D eigenvalue weighted by Gasteiger charge is -2.16. The van der Waals surface area contributed by atoms with Gasteiger partial charge in [0, 0.05) is 11.8 Å². The highest BCUT2D eigenvalue weighted by molar-refractivity contribution is 7.99. The van der Waals surface area contributed by atoms with Gasteiger partial charge in [-0.2, -0.15) is 11.8 Å². The summed E-state index contributed by atoms with van der Waals surface area (Å²) in [5, 5.41) is 0. The van der Waals surface area contributed by atoms with Crippen molar-refractivity contribution in [1.82, 2.24) is 9.55 Å². The number of imidazole rings is 1. The second kappa shape index (κ2) is 5.78. The molecule has 1 aromatic heterocycles. The second-order valence-corrected chi connectivity index (χ2v) is 5.62. The van der Waals surface area contributed by atoms with Crippen LogP contribution in [0.3, 0.4) is 0 Å². The van der Waals surface area contributed by atoms with Gasteiger partial charge in [0.25, 0.3) is 0 Å². The molecule has 0 aliphatic rings. The van der Waals surface area contributed by atoms with Crippen LogP contribution in [0.4, 0.5) is 0 Å². The van der Waals surface area contributed by atoms with Crippen molar-refractivity contribution >= 4 is 34.4 Å². The van der Waals surface area contributed by atoms with E-state index in [0.717, 1.165) is 22.8 Å². The van der Waals surface area contributed by atoms with Gasteiger partial charge in [0.1, 0.15) is 5.82 Å². The topological polar surface area (TPSA) is 17.8 Å². The Labute approximate surface area is 111 Å². The summed E-state index contributed by atoms with van der Waals surface area (Å²) in [5.41, 5.74) is 2.23. The molecular weight excluding hydrogens is 252 g/mol. The van der Waals surface area contributed by atoms with E-state index in [4.69, 9.17) is 11.6 Å². The smallest absolute Gasteiger partial charge is 0.125 e. The maximum Gasteiger partial charge on any atom is 0.125 e. The minimum absolute atomic E-state index is 0.432. The van der Waals surface area contributed by atoms with Gasteiger partial charge in [0.2, 0.25) is 0 Å². The summed E-state index contributed by atoms with van der Waals surface area (Å²) in [7, 11) is 0. The quantitative estimate of drug-likeness (QED) is 0.760. The van der Waals surface area contributed by atoms with Gasteiger partial charge >= 0.3 is 0 Å². The Morgan fingerprint density at radius 3 is 2.88 bits per heavy atom. The molecule has 0 saturated heterocycles. The Morgan fingerprint density at radius 2 is 2.18 bits per heavy atom. The molecule has 2 aromatic rings. The number of halogens is 1. The Kier molecular flexibility index (Phi) is 4.35. The molecule has 0 bridgehead atoms. The van der Waals surface area contributed by atoms with Crippen LogP contribution in [-0.4, -0.2) is 21.1 Å². The highest BCUT2D eigenvalue weighted by Gasteiger charge is 2.14. The zero-order valence-electron chi connectivity index (χ0n) is 10.2. The van der Waals surface area contributed by atoms with E-state index in [1.54, 1.807) is 0 Å². The number of benzene rings is 1. The van der Waals surface area contributed by atoms with Crippen molar-refractivity contribution in [2.75, 3.05) is 11.5 Å². The number of aromatic nitrogens is 2. The lowest BCUT2D eigenvalue weighted by molar-refractivity contribution is 0.606. The van der Waals surface area contributed by atoms with Gasteiger partial charge in [0.15, 0.2) is 0 Å². The summed E-state index contributed by atoms with van der Waals surface area (Å²) in [6, 6.07) is 8.66. The predicted octanol–water partition coefficient (Wildman–Crippen LogP) is 4.09. The van der Waals surface area contributed by atoms with Crippen molar-refractivity contribution in [2.24, 2.45) is 0 Å².